The maximum Gasteiger partial charge on any atom is 0.460 e. The summed E-state index contributed by atoms with van der Waals surface area (Å²) in [4.78, 5) is 27.5. The van der Waals surface area contributed by atoms with Gasteiger partial charge in [-0.1, -0.05) is 71.0 Å². The fourth-order valence-electron chi connectivity index (χ4n) is 5.60. The van der Waals surface area contributed by atoms with Crippen LogP contribution < -0.4 is 0 Å². The molecule has 0 saturated carbocycles. The monoisotopic (exact) mass is 677 g/mol. The number of amides is 2. The zero-order chi connectivity index (χ0) is 34.8. The molecular formula is C30H40F9NO4Si. The summed E-state index contributed by atoms with van der Waals surface area (Å²) in [7, 11) is -3.80. The number of halogens is 9. The van der Waals surface area contributed by atoms with Gasteiger partial charge in [0.05, 0.1) is 18.1 Å². The molecule has 5 nitrogen and oxygen atoms in total. The van der Waals surface area contributed by atoms with Crippen LogP contribution in [0.4, 0.5) is 44.3 Å². The van der Waals surface area contributed by atoms with Crippen LogP contribution in [-0.2, 0) is 20.4 Å². The highest BCUT2D eigenvalue weighted by Crippen LogP contribution is 2.55. The lowest BCUT2D eigenvalue weighted by atomic mass is 9.95. The molecule has 2 rings (SSSR count). The number of carbonyl (C=O) groups is 2. The molecule has 1 aromatic carbocycles. The Kier molecular flexibility index (Phi) is 12.1. The standard InChI is InChI=1S/C30H40F9NO4Si/c1-8-20(6)24(21(7)25(41)40-23(17-43-26(40)42)16-22-12-10-9-11-13-22)44-45(18(2)3,19(4)5)15-14-27(31,32)28(33,34)29(35,36)30(37,38)39/h8-13,18-19,21,23-24H,14-17H2,1-7H3/b20-8+/t21-,23-,24+/m0/s1. The molecule has 2 amide bonds. The number of allylic oxidation sites excluding steroid dienone is 1. The van der Waals surface area contributed by atoms with Crippen LogP contribution in [0.2, 0.25) is 17.1 Å². The summed E-state index contributed by atoms with van der Waals surface area (Å²) in [6.45, 7) is 10.7. The van der Waals surface area contributed by atoms with Gasteiger partial charge in [-0.15, -0.1) is 0 Å². The highest BCUT2D eigenvalue weighted by molar-refractivity contribution is 6.76. The molecule has 1 heterocycles. The van der Waals surface area contributed by atoms with Crippen molar-refractivity contribution >= 4 is 20.3 Å². The van der Waals surface area contributed by atoms with Gasteiger partial charge in [-0.2, -0.15) is 39.5 Å². The quantitative estimate of drug-likeness (QED) is 0.112. The highest BCUT2D eigenvalue weighted by Gasteiger charge is 2.81. The molecule has 1 saturated heterocycles. The second kappa shape index (κ2) is 14.1. The van der Waals surface area contributed by atoms with Crippen molar-refractivity contribution in [2.45, 2.75) is 115 Å². The van der Waals surface area contributed by atoms with Crippen molar-refractivity contribution in [1.82, 2.24) is 4.90 Å². The Balaban J connectivity index is 2.46. The molecule has 1 aliphatic heterocycles. The van der Waals surface area contributed by atoms with Gasteiger partial charge in [-0.25, -0.2) is 9.69 Å². The third kappa shape index (κ3) is 7.71. The lowest BCUT2D eigenvalue weighted by Crippen LogP contribution is -2.61. The smallest absolute Gasteiger partial charge is 0.447 e. The maximum atomic E-state index is 14.7. The van der Waals surface area contributed by atoms with E-state index in [-0.39, 0.29) is 13.0 Å². The number of carbonyl (C=O) groups excluding carboxylic acids is 2. The number of nitrogens with zero attached hydrogens (tertiary/aromatic N) is 1. The zero-order valence-electron chi connectivity index (χ0n) is 26.2. The number of cyclic esters (lactones) is 1. The summed E-state index contributed by atoms with van der Waals surface area (Å²) >= 11 is 0. The van der Waals surface area contributed by atoms with Crippen molar-refractivity contribution in [3.63, 3.8) is 0 Å². The van der Waals surface area contributed by atoms with Crippen LogP contribution in [0, 0.1) is 5.92 Å². The first-order chi connectivity index (χ1) is 20.5. The predicted octanol–water partition coefficient (Wildman–Crippen LogP) is 9.19. The Labute approximate surface area is 258 Å². The van der Waals surface area contributed by atoms with E-state index in [1.165, 1.54) is 6.92 Å². The molecule has 256 valence electrons. The summed E-state index contributed by atoms with van der Waals surface area (Å²) in [6.07, 6.45) is -9.15. The normalized spacial score (nSPS) is 18.9. The van der Waals surface area contributed by atoms with E-state index < -0.39 is 85.9 Å². The molecule has 1 aliphatic rings. The Bertz CT molecular complexity index is 1200. The fraction of sp³-hybridized carbons (Fsp3) is 0.667. The zero-order valence-corrected chi connectivity index (χ0v) is 27.2. The van der Waals surface area contributed by atoms with Gasteiger partial charge in [0.15, 0.2) is 8.32 Å². The first kappa shape index (κ1) is 38.6. The highest BCUT2D eigenvalue weighted by atomic mass is 28.4. The fourth-order valence-corrected chi connectivity index (χ4v) is 10.3. The van der Waals surface area contributed by atoms with Crippen molar-refractivity contribution in [3.8, 4) is 0 Å². The number of alkyl halides is 9. The lowest BCUT2D eigenvalue weighted by Gasteiger charge is -2.44. The number of rotatable bonds is 14. The second-order valence-electron chi connectivity index (χ2n) is 12.1. The van der Waals surface area contributed by atoms with Crippen molar-refractivity contribution in [2.75, 3.05) is 6.61 Å². The first-order valence-electron chi connectivity index (χ1n) is 14.5. The number of imide groups is 1. The number of benzene rings is 1. The third-order valence-corrected chi connectivity index (χ3v) is 14.2. The first-order valence-corrected chi connectivity index (χ1v) is 16.8. The number of hydrogen-bond acceptors (Lipinski definition) is 4. The molecule has 3 atom stereocenters. The SMILES string of the molecule is C/C=C(\C)[C@@H](O[Si](CCC(F)(F)C(F)(F)C(F)(F)C(F)(F)F)(C(C)C)C(C)C)[C@H](C)C(=O)N1C(=O)OC[C@@H]1Cc1ccccc1. The molecule has 0 unspecified atom stereocenters. The molecule has 0 N–H and O–H groups in total. The molecule has 0 aromatic heterocycles. The van der Waals surface area contributed by atoms with Gasteiger partial charge in [-0.05, 0) is 48.5 Å². The molecule has 45 heavy (non-hydrogen) atoms. The minimum Gasteiger partial charge on any atom is -0.447 e. The summed E-state index contributed by atoms with van der Waals surface area (Å²) in [6, 6.07) is 7.38. The second-order valence-corrected chi connectivity index (χ2v) is 17.1. The number of hydrogen-bond donors (Lipinski definition) is 0. The summed E-state index contributed by atoms with van der Waals surface area (Å²) in [5.41, 5.74) is -0.0189. The van der Waals surface area contributed by atoms with Crippen LogP contribution in [0.15, 0.2) is 42.0 Å². The van der Waals surface area contributed by atoms with E-state index in [2.05, 4.69) is 0 Å². The Hall–Kier alpha value is -2.55. The molecule has 0 aliphatic carbocycles. The average Bonchev–Trinajstić information content (AvgIpc) is 3.30. The van der Waals surface area contributed by atoms with Gasteiger partial charge in [0.1, 0.15) is 6.61 Å². The Morgan fingerprint density at radius 2 is 1.51 bits per heavy atom. The van der Waals surface area contributed by atoms with Crippen LogP contribution in [0.5, 0.6) is 0 Å². The van der Waals surface area contributed by atoms with E-state index in [9.17, 15) is 49.1 Å². The predicted molar refractivity (Wildman–Crippen MR) is 152 cm³/mol. The van der Waals surface area contributed by atoms with Gasteiger partial charge in [0.2, 0.25) is 5.91 Å². The van der Waals surface area contributed by atoms with Gasteiger partial charge in [-0.3, -0.25) is 4.79 Å². The van der Waals surface area contributed by atoms with E-state index in [4.69, 9.17) is 9.16 Å². The van der Waals surface area contributed by atoms with Gasteiger partial charge in [0, 0.05) is 6.42 Å². The van der Waals surface area contributed by atoms with Crippen molar-refractivity contribution in [3.05, 3.63) is 47.5 Å². The molecule has 0 bridgehead atoms. The van der Waals surface area contributed by atoms with Crippen LogP contribution in [0.1, 0.15) is 60.5 Å². The Morgan fingerprint density at radius 1 is 0.978 bits per heavy atom. The minimum atomic E-state index is -6.99. The number of ether oxygens (including phenoxy) is 1. The maximum absolute atomic E-state index is 14.7. The average molecular weight is 678 g/mol. The lowest BCUT2D eigenvalue weighted by molar-refractivity contribution is -0.396. The van der Waals surface area contributed by atoms with Crippen LogP contribution >= 0.6 is 0 Å². The molecule has 1 fully saturated rings. The van der Waals surface area contributed by atoms with Crippen LogP contribution in [0.3, 0.4) is 0 Å². The topological polar surface area (TPSA) is 55.8 Å². The van der Waals surface area contributed by atoms with Gasteiger partial charge in [0.25, 0.3) is 0 Å². The van der Waals surface area contributed by atoms with E-state index >= 15 is 0 Å². The van der Waals surface area contributed by atoms with E-state index in [0.29, 0.717) is 5.57 Å². The summed E-state index contributed by atoms with van der Waals surface area (Å²) < 4.78 is 135. The van der Waals surface area contributed by atoms with Crippen molar-refractivity contribution in [1.29, 1.82) is 0 Å². The van der Waals surface area contributed by atoms with Crippen LogP contribution in [-0.4, -0.2) is 67.9 Å². The molecule has 1 aromatic rings. The van der Waals surface area contributed by atoms with E-state index in [1.54, 1.807) is 78.0 Å². The Morgan fingerprint density at radius 3 is 1.98 bits per heavy atom. The molecule has 0 radical (unpaired) electrons. The van der Waals surface area contributed by atoms with Gasteiger partial charge < -0.3 is 9.16 Å². The molecular weight excluding hydrogens is 637 g/mol. The summed E-state index contributed by atoms with van der Waals surface area (Å²) in [5, 5.41) is 0. The summed E-state index contributed by atoms with van der Waals surface area (Å²) in [5.74, 6) is -21.3. The molecule has 15 heteroatoms. The third-order valence-electron chi connectivity index (χ3n) is 8.60. The molecule has 0 spiro atoms. The van der Waals surface area contributed by atoms with E-state index in [1.807, 2.05) is 0 Å². The van der Waals surface area contributed by atoms with Crippen molar-refractivity contribution < 1.29 is 58.3 Å². The van der Waals surface area contributed by atoms with Crippen LogP contribution in [0.25, 0.3) is 0 Å². The largest absolute Gasteiger partial charge is 0.460 e. The van der Waals surface area contributed by atoms with Gasteiger partial charge >= 0.3 is 30.0 Å². The van der Waals surface area contributed by atoms with Crippen molar-refractivity contribution in [2.24, 2.45) is 5.92 Å². The van der Waals surface area contributed by atoms with E-state index in [0.717, 1.165) is 10.5 Å². The minimum absolute atomic E-state index is 0.0805.